The van der Waals surface area contributed by atoms with Gasteiger partial charge < -0.3 is 55.3 Å². The zero-order chi connectivity index (χ0) is 96.6. The van der Waals surface area contributed by atoms with E-state index in [2.05, 4.69) is 352 Å². The van der Waals surface area contributed by atoms with Gasteiger partial charge in [-0.25, -0.2) is 12.8 Å². The Hall–Kier alpha value is -10.8. The lowest BCUT2D eigenvalue weighted by atomic mass is 10.2. The fraction of sp³-hybridized carbons (Fsp3) is 0.328. The highest BCUT2D eigenvalue weighted by atomic mass is 32.2. The molecule has 1 unspecified atom stereocenters. The van der Waals surface area contributed by atoms with Crippen molar-refractivity contribution in [3.63, 3.8) is 0 Å². The van der Waals surface area contributed by atoms with Crippen LogP contribution in [0.1, 0.15) is 110 Å². The summed E-state index contributed by atoms with van der Waals surface area (Å²) in [5.41, 5.74) is 3.86. The summed E-state index contributed by atoms with van der Waals surface area (Å²) >= 11 is 0. The minimum Gasteiger partial charge on any atom is -0.748 e. The highest BCUT2D eigenvalue weighted by Crippen LogP contribution is 2.52. The summed E-state index contributed by atoms with van der Waals surface area (Å²) in [6.07, 6.45) is 15.2. The number of nitrogens with one attached hydrogen (secondary N) is 1. The number of piperazine rings is 2. The number of methoxy groups -OCH3 is 1. The number of fused-ring (bicyclic) bond motifs is 10. The monoisotopic (exact) mass is 1950 g/mol. The normalized spacial score (nSPS) is 14.3. The van der Waals surface area contributed by atoms with E-state index in [-0.39, 0.29) is 47.7 Å². The third kappa shape index (κ3) is 30.2. The standard InChI is InChI=1S/C19H15OS.C18H12OS.C18H13S.C17H27FN3.C16H25N2.C14H11S.C12H26N3.C5H11NO3S/c1-20-14-10-12-15(13-11-14)21-18-8-4-2-6-16(18)17-7-3-5-9-19(17)21;19-13-9-11-14(12-10-13)20-17-7-3-1-5-15(17)16-6-2-4-8-18(16)20;1-2-8-14(9-3-1)19-17-12-6-4-10-15(17)16-11-5-7-13-18(16)19;1-2-19-10-4-3-5-11-20-12-14-21(15-13-20)17-8-6-16(18)7-9-17;1-2-3-4-11-17-14-15-7-9-16(10-8-15)18-12-5-6-13-18;1-2-7-13(8-3-1)15-11-10-12-6-4-5-9-14(12)15;1-3-13-7-5-4-6-8-15-11-9-14(2)10-12-15;7-10(8,9)5-1-3-6-4-2-5/h2-13H,1H3;1-12H;1-13H;6-9H,2-5,10-15H2,1H3;7-10H,2-6,11-14H2,1H3;1-11H;3-12H2,1-2H3;5-6H,1-4H2,(H,7,8,9)/q+1;;+1;2*-1;+1;-1;. The number of nitrogens with zero attached hydrogens (tertiary/aromatic N) is 8. The van der Waals surface area contributed by atoms with E-state index in [0.717, 1.165) is 76.9 Å². The molecule has 0 bridgehead atoms. The molecule has 4 saturated heterocycles. The quantitative estimate of drug-likeness (QED) is 0.0273. The van der Waals surface area contributed by atoms with Gasteiger partial charge in [0.05, 0.1) is 22.5 Å². The number of hydrogen-bond donors (Lipinski definition) is 2. The Bertz CT molecular complexity index is 6430. The van der Waals surface area contributed by atoms with E-state index in [1.807, 2.05) is 36.4 Å². The molecule has 0 saturated carbocycles. The number of likely N-dealkylation sites (N-methyl/N-ethyl adjacent to an activating group) is 1. The summed E-state index contributed by atoms with van der Waals surface area (Å²) in [5, 5.41) is 37.0. The maximum absolute atomic E-state index is 12.9. The van der Waals surface area contributed by atoms with Gasteiger partial charge in [0.1, 0.15) is 22.7 Å². The van der Waals surface area contributed by atoms with Crippen LogP contribution in [0.3, 0.4) is 0 Å². The van der Waals surface area contributed by atoms with E-state index in [9.17, 15) is 22.5 Å². The summed E-state index contributed by atoms with van der Waals surface area (Å²) in [7, 11) is 0.0488. The second kappa shape index (κ2) is 55.4. The molecule has 0 radical (unpaired) electrons. The van der Waals surface area contributed by atoms with E-state index in [1.165, 1.54) is 224 Å². The number of phenols is 1. The number of unbranched alkanes of at least 4 members (excludes halogenated alkanes) is 6. The Kier molecular flexibility index (Phi) is 41.5. The van der Waals surface area contributed by atoms with Crippen molar-refractivity contribution in [2.75, 3.05) is 148 Å². The summed E-state index contributed by atoms with van der Waals surface area (Å²) < 4.78 is 59.4. The van der Waals surface area contributed by atoms with Crippen LogP contribution in [0, 0.1) is 5.82 Å². The molecule has 8 heterocycles. The van der Waals surface area contributed by atoms with Gasteiger partial charge in [-0.15, -0.1) is 26.2 Å². The Morgan fingerprint density at radius 3 is 1.19 bits per heavy atom. The van der Waals surface area contributed by atoms with Gasteiger partial charge in [0, 0.05) is 187 Å². The third-order valence-corrected chi connectivity index (χ3v) is 36.2. The molecule has 20 heteroatoms. The van der Waals surface area contributed by atoms with E-state index >= 15 is 0 Å². The van der Waals surface area contributed by atoms with Crippen LogP contribution in [0.5, 0.6) is 11.5 Å². The van der Waals surface area contributed by atoms with E-state index in [0.29, 0.717) is 31.7 Å². The van der Waals surface area contributed by atoms with Gasteiger partial charge in [-0.1, -0.05) is 205 Å². The van der Waals surface area contributed by atoms with Crippen LogP contribution in [0.4, 0.5) is 15.8 Å². The van der Waals surface area contributed by atoms with Crippen LogP contribution < -0.4 is 19.9 Å². The van der Waals surface area contributed by atoms with Crippen molar-refractivity contribution in [2.24, 2.45) is 0 Å². The molecule has 21 rings (SSSR count). The average molecular weight is 1960 g/mol. The van der Waals surface area contributed by atoms with Crippen molar-refractivity contribution >= 4 is 134 Å². The second-order valence-corrected chi connectivity index (χ2v) is 45.0. The summed E-state index contributed by atoms with van der Waals surface area (Å²) in [4.78, 5) is 17.8. The first-order chi connectivity index (χ1) is 68.2. The van der Waals surface area contributed by atoms with Crippen molar-refractivity contribution in [3.8, 4) is 31.1 Å². The predicted octanol–water partition coefficient (Wildman–Crippen LogP) is 30.4. The first-order valence-electron chi connectivity index (χ1n) is 50.1. The number of aromatic hydroxyl groups is 1. The van der Waals surface area contributed by atoms with Crippen LogP contribution in [0.15, 0.2) is 339 Å². The van der Waals surface area contributed by atoms with Crippen LogP contribution >= 0.6 is 41.9 Å². The van der Waals surface area contributed by atoms with Gasteiger partial charge in [-0.2, -0.15) is 13.1 Å². The molecule has 13 aromatic carbocycles. The van der Waals surface area contributed by atoms with Crippen LogP contribution in [-0.2, 0) is 16.7 Å². The van der Waals surface area contributed by atoms with Gasteiger partial charge in [-0.05, 0) is 242 Å². The number of halogens is 1. The largest absolute Gasteiger partial charge is 0.748 e. The van der Waals surface area contributed by atoms with Crippen LogP contribution in [0.25, 0.3) is 106 Å². The number of phenolic OH excluding ortho intramolecular Hbond substituents is 1. The Balaban J connectivity index is 0.000000128. The molecule has 0 amide bonds. The molecule has 139 heavy (non-hydrogen) atoms. The molecular formula is C119H140FN9O5S5. The van der Waals surface area contributed by atoms with Gasteiger partial charge in [0.15, 0.2) is 52.5 Å². The molecule has 0 aliphatic carbocycles. The molecule has 4 aromatic heterocycles. The SMILES string of the molecule is CCCCC[N-]Cc1ccc(N2CCCC2)cc1.CC[N-]CCCCCN1CCN(C)CC1.CC[N-]CCCCCN1CCN(c2ccc(F)cc2)CC1.COc1ccc(-[s+]2c3ccccc3c3ccccc32)cc1.O=S(=O)([O-])C1CCNCC1.Oc1ccc(-[s+]2c3ccccc3c3ccccc32)cc1.c1ccc(-[s+]2c3ccccc3c3ccccc32)cc1.c1ccc(-[s+]2ccc3ccccc32)cc1. The van der Waals surface area contributed by atoms with Crippen molar-refractivity contribution in [3.05, 3.63) is 366 Å². The molecule has 728 valence electrons. The Morgan fingerprint density at radius 2 is 0.770 bits per heavy atom. The minimum absolute atomic E-state index is 0.00637. The average Bonchev–Trinajstić information content (AvgIpc) is 1.64. The fourth-order valence-electron chi connectivity index (χ4n) is 18.3. The van der Waals surface area contributed by atoms with Gasteiger partial charge in [0.25, 0.3) is 0 Å². The number of piperidine rings is 1. The van der Waals surface area contributed by atoms with E-state index in [1.54, 1.807) is 31.4 Å². The van der Waals surface area contributed by atoms with Crippen molar-refractivity contribution in [1.82, 2.24) is 20.0 Å². The molecule has 14 nitrogen and oxygen atoms in total. The Morgan fingerprint density at radius 1 is 0.396 bits per heavy atom. The Labute approximate surface area is 836 Å². The smallest absolute Gasteiger partial charge is 0.187 e. The van der Waals surface area contributed by atoms with E-state index < -0.39 is 15.4 Å². The predicted molar refractivity (Wildman–Crippen MR) is 601 cm³/mol. The topological polar surface area (TPSA) is 157 Å². The maximum atomic E-state index is 12.9. The number of ether oxygens (including phenoxy) is 1. The first kappa shape index (κ1) is 104. The zero-order valence-electron chi connectivity index (χ0n) is 81.8. The number of hydrogen-bond acceptors (Lipinski definition) is 11. The molecular weight excluding hydrogens is 1810 g/mol. The molecule has 4 aliphatic rings. The maximum Gasteiger partial charge on any atom is 0.187 e. The first-order valence-corrected chi connectivity index (χ1v) is 56.5. The lowest BCUT2D eigenvalue weighted by Gasteiger charge is -2.36. The number of benzene rings is 13. The van der Waals surface area contributed by atoms with Gasteiger partial charge in [-0.3, -0.25) is 4.90 Å². The fourth-order valence-corrected chi connectivity index (χ4v) is 28.1. The summed E-state index contributed by atoms with van der Waals surface area (Å²) in [5.74, 6) is 1.06. The highest BCUT2D eigenvalue weighted by molar-refractivity contribution is 7.86. The molecule has 4 fully saturated rings. The summed E-state index contributed by atoms with van der Waals surface area (Å²) in [6, 6.07) is 116. The van der Waals surface area contributed by atoms with Crippen LogP contribution in [0.2, 0.25) is 0 Å². The van der Waals surface area contributed by atoms with Crippen molar-refractivity contribution in [1.29, 1.82) is 0 Å². The molecule has 0 spiro atoms. The number of anilines is 2. The highest BCUT2D eigenvalue weighted by Gasteiger charge is 2.28. The zero-order valence-corrected chi connectivity index (χ0v) is 85.9. The minimum atomic E-state index is -4.02. The second-order valence-electron chi connectivity index (χ2n) is 35.6. The van der Waals surface area contributed by atoms with Crippen molar-refractivity contribution in [2.45, 2.75) is 116 Å². The van der Waals surface area contributed by atoms with E-state index in [4.69, 9.17) is 4.74 Å². The molecule has 1 atom stereocenters. The van der Waals surface area contributed by atoms with Crippen molar-refractivity contribution < 1.29 is 27.2 Å². The lowest BCUT2D eigenvalue weighted by Crippen LogP contribution is -2.46. The lowest BCUT2D eigenvalue weighted by molar-refractivity contribution is 0.152. The molecule has 4 aliphatic heterocycles. The van der Waals surface area contributed by atoms with Crippen LogP contribution in [-0.4, -0.2) is 177 Å². The number of rotatable bonds is 28. The van der Waals surface area contributed by atoms with Gasteiger partial charge >= 0.3 is 0 Å². The molecule has 17 aromatic rings. The molecule has 2 N–H and O–H groups in total. The van der Waals surface area contributed by atoms with Gasteiger partial charge in [0.2, 0.25) is 0 Å². The summed E-state index contributed by atoms with van der Waals surface area (Å²) in [6.45, 7) is 27.9. The third-order valence-electron chi connectivity index (χ3n) is 25.9. The number of thiophene rings is 4.